The molecule has 19 heavy (non-hydrogen) atoms. The zero-order valence-corrected chi connectivity index (χ0v) is 12.6. The van der Waals surface area contributed by atoms with E-state index in [1.807, 2.05) is 32.8 Å². The van der Waals surface area contributed by atoms with Crippen LogP contribution in [0, 0.1) is 11.2 Å². The van der Waals surface area contributed by atoms with Crippen molar-refractivity contribution in [1.82, 2.24) is 9.62 Å². The number of nitrogens with one attached hydrogen (secondary N) is 1. The lowest BCUT2D eigenvalue weighted by Crippen LogP contribution is -2.40. The summed E-state index contributed by atoms with van der Waals surface area (Å²) in [6, 6.07) is 5.36. The highest BCUT2D eigenvalue weighted by Gasteiger charge is 2.24. The highest BCUT2D eigenvalue weighted by Crippen LogP contribution is 2.17. The Bertz CT molecular complexity index is 527. The van der Waals surface area contributed by atoms with E-state index < -0.39 is 15.8 Å². The topological polar surface area (TPSA) is 49.4 Å². The summed E-state index contributed by atoms with van der Waals surface area (Å²) in [5.41, 5.74) is -0.234. The number of hydrogen-bond acceptors (Lipinski definition) is 3. The molecule has 0 aliphatic carbocycles. The molecule has 0 unspecified atom stereocenters. The molecule has 0 aliphatic rings. The van der Waals surface area contributed by atoms with E-state index in [4.69, 9.17) is 0 Å². The largest absolute Gasteiger partial charge is 0.309 e. The fraction of sp³-hybridized carbons (Fsp3) is 0.538. The van der Waals surface area contributed by atoms with Crippen LogP contribution < -0.4 is 4.72 Å². The zero-order valence-electron chi connectivity index (χ0n) is 11.8. The van der Waals surface area contributed by atoms with Crippen LogP contribution in [0.3, 0.4) is 0 Å². The Morgan fingerprint density at radius 2 is 1.84 bits per heavy atom. The van der Waals surface area contributed by atoms with Crippen LogP contribution in [0.25, 0.3) is 0 Å². The number of sulfonamides is 1. The molecule has 1 aromatic rings. The van der Waals surface area contributed by atoms with E-state index in [0.29, 0.717) is 0 Å². The van der Waals surface area contributed by atoms with Crippen LogP contribution >= 0.6 is 0 Å². The van der Waals surface area contributed by atoms with E-state index in [2.05, 4.69) is 4.72 Å². The second kappa shape index (κ2) is 5.98. The fourth-order valence-corrected chi connectivity index (χ4v) is 3.26. The van der Waals surface area contributed by atoms with Crippen LogP contribution in [0.4, 0.5) is 4.39 Å². The predicted molar refractivity (Wildman–Crippen MR) is 73.9 cm³/mol. The molecule has 0 bridgehead atoms. The molecule has 6 heteroatoms. The third kappa shape index (κ3) is 4.89. The normalized spacial score (nSPS) is 12.9. The lowest BCUT2D eigenvalue weighted by molar-refractivity contribution is 0.242. The minimum atomic E-state index is -3.80. The van der Waals surface area contributed by atoms with Gasteiger partial charge in [0.2, 0.25) is 10.0 Å². The van der Waals surface area contributed by atoms with Crippen LogP contribution in [-0.2, 0) is 10.0 Å². The van der Waals surface area contributed by atoms with E-state index in [0.717, 1.165) is 12.6 Å². The van der Waals surface area contributed by atoms with Crippen LogP contribution in [0.15, 0.2) is 29.2 Å². The summed E-state index contributed by atoms with van der Waals surface area (Å²) in [5.74, 6) is -0.736. The van der Waals surface area contributed by atoms with Crippen molar-refractivity contribution in [3.05, 3.63) is 30.1 Å². The number of hydrogen-bond donors (Lipinski definition) is 1. The van der Waals surface area contributed by atoms with Gasteiger partial charge in [0.05, 0.1) is 0 Å². The maximum atomic E-state index is 13.5. The van der Waals surface area contributed by atoms with Crippen molar-refractivity contribution in [3.63, 3.8) is 0 Å². The smallest absolute Gasteiger partial charge is 0.243 e. The quantitative estimate of drug-likeness (QED) is 0.866. The maximum absolute atomic E-state index is 13.5. The standard InChI is InChI=1S/C13H21FN2O2S/c1-13(2,10-16(3)4)9-15-19(17,18)12-8-6-5-7-11(12)14/h5-8,15H,9-10H2,1-4H3. The molecule has 1 aromatic carbocycles. The molecule has 0 radical (unpaired) electrons. The van der Waals surface area contributed by atoms with Crippen LogP contribution in [0.2, 0.25) is 0 Å². The molecule has 1 rings (SSSR count). The average molecular weight is 288 g/mol. The molecule has 0 heterocycles. The first-order valence-corrected chi connectivity index (χ1v) is 7.51. The lowest BCUT2D eigenvalue weighted by atomic mass is 9.93. The van der Waals surface area contributed by atoms with Crippen molar-refractivity contribution in [2.75, 3.05) is 27.2 Å². The highest BCUT2D eigenvalue weighted by molar-refractivity contribution is 7.89. The van der Waals surface area contributed by atoms with Gasteiger partial charge in [-0.15, -0.1) is 0 Å². The number of rotatable bonds is 6. The monoisotopic (exact) mass is 288 g/mol. The van der Waals surface area contributed by atoms with Crippen molar-refractivity contribution in [2.45, 2.75) is 18.7 Å². The summed E-state index contributed by atoms with van der Waals surface area (Å²) in [7, 11) is 0.0440. The Morgan fingerprint density at radius 1 is 1.26 bits per heavy atom. The summed E-state index contributed by atoms with van der Waals surface area (Å²) in [4.78, 5) is 1.67. The second-order valence-electron chi connectivity index (χ2n) is 5.66. The molecule has 0 amide bonds. The van der Waals surface area contributed by atoms with Crippen LogP contribution in [0.1, 0.15) is 13.8 Å². The van der Waals surface area contributed by atoms with Gasteiger partial charge in [-0.3, -0.25) is 0 Å². The van der Waals surface area contributed by atoms with Crippen molar-refractivity contribution >= 4 is 10.0 Å². The van der Waals surface area contributed by atoms with Crippen LogP contribution in [0.5, 0.6) is 0 Å². The van der Waals surface area contributed by atoms with E-state index in [1.165, 1.54) is 18.2 Å². The van der Waals surface area contributed by atoms with Gasteiger partial charge in [-0.2, -0.15) is 0 Å². The SMILES string of the molecule is CN(C)CC(C)(C)CNS(=O)(=O)c1ccccc1F. The molecule has 0 atom stereocenters. The summed E-state index contributed by atoms with van der Waals surface area (Å²) in [5, 5.41) is 0. The molecule has 0 fully saturated rings. The molecule has 0 spiro atoms. The first-order chi connectivity index (χ1) is 8.64. The molecular weight excluding hydrogens is 267 g/mol. The predicted octanol–water partition coefficient (Wildman–Crippen LogP) is 1.69. The summed E-state index contributed by atoms with van der Waals surface area (Å²) in [6.45, 7) is 4.89. The van der Waals surface area contributed by atoms with E-state index in [9.17, 15) is 12.8 Å². The van der Waals surface area contributed by atoms with Crippen LogP contribution in [-0.4, -0.2) is 40.5 Å². The molecule has 108 valence electrons. The van der Waals surface area contributed by atoms with E-state index in [1.54, 1.807) is 0 Å². The molecule has 0 saturated carbocycles. The second-order valence-corrected chi connectivity index (χ2v) is 7.39. The van der Waals surface area contributed by atoms with Gasteiger partial charge in [-0.05, 0) is 31.6 Å². The minimum Gasteiger partial charge on any atom is -0.309 e. The van der Waals surface area contributed by atoms with E-state index >= 15 is 0 Å². The Balaban J connectivity index is 2.80. The first-order valence-electron chi connectivity index (χ1n) is 6.03. The minimum absolute atomic E-state index is 0.234. The Morgan fingerprint density at radius 3 is 2.37 bits per heavy atom. The van der Waals surface area contributed by atoms with Gasteiger partial charge < -0.3 is 4.90 Å². The Labute approximate surface area is 114 Å². The molecular formula is C13H21FN2O2S. The lowest BCUT2D eigenvalue weighted by Gasteiger charge is -2.28. The Kier molecular flexibility index (Phi) is 5.06. The third-order valence-electron chi connectivity index (χ3n) is 2.61. The zero-order chi connectivity index (χ0) is 14.7. The number of nitrogens with zero attached hydrogens (tertiary/aromatic N) is 1. The average Bonchev–Trinajstić information content (AvgIpc) is 2.25. The third-order valence-corrected chi connectivity index (χ3v) is 4.05. The van der Waals surface area contributed by atoms with Crippen molar-refractivity contribution in [2.24, 2.45) is 5.41 Å². The molecule has 0 aromatic heterocycles. The maximum Gasteiger partial charge on any atom is 0.243 e. The summed E-state index contributed by atoms with van der Waals surface area (Å²) < 4.78 is 40.0. The van der Waals surface area contributed by atoms with E-state index in [-0.39, 0.29) is 16.9 Å². The van der Waals surface area contributed by atoms with Gasteiger partial charge in [0, 0.05) is 13.1 Å². The van der Waals surface area contributed by atoms with Crippen molar-refractivity contribution < 1.29 is 12.8 Å². The van der Waals surface area contributed by atoms with Gasteiger partial charge in [-0.1, -0.05) is 26.0 Å². The summed E-state index contributed by atoms with van der Waals surface area (Å²) in [6.07, 6.45) is 0. The van der Waals surface area contributed by atoms with Gasteiger partial charge in [0.15, 0.2) is 0 Å². The highest BCUT2D eigenvalue weighted by atomic mass is 32.2. The van der Waals surface area contributed by atoms with Crippen molar-refractivity contribution in [3.8, 4) is 0 Å². The molecule has 0 saturated heterocycles. The van der Waals surface area contributed by atoms with Gasteiger partial charge in [0.1, 0.15) is 10.7 Å². The Hall–Kier alpha value is -0.980. The van der Waals surface area contributed by atoms with Gasteiger partial charge >= 0.3 is 0 Å². The molecule has 4 nitrogen and oxygen atoms in total. The number of halogens is 1. The first kappa shape index (κ1) is 16.1. The van der Waals surface area contributed by atoms with Crippen molar-refractivity contribution in [1.29, 1.82) is 0 Å². The number of benzene rings is 1. The molecule has 1 N–H and O–H groups in total. The molecule has 0 aliphatic heterocycles. The summed E-state index contributed by atoms with van der Waals surface area (Å²) >= 11 is 0. The van der Waals surface area contributed by atoms with Gasteiger partial charge in [-0.25, -0.2) is 17.5 Å². The van der Waals surface area contributed by atoms with Gasteiger partial charge in [0.25, 0.3) is 0 Å². The fourth-order valence-electron chi connectivity index (χ4n) is 1.94.